The van der Waals surface area contributed by atoms with Crippen LogP contribution < -0.4 is 0 Å². The summed E-state index contributed by atoms with van der Waals surface area (Å²) in [5, 5.41) is 8.42. The van der Waals surface area contributed by atoms with Crippen molar-refractivity contribution < 1.29 is 0 Å². The van der Waals surface area contributed by atoms with E-state index in [9.17, 15) is 0 Å². The molecule has 0 unspecified atom stereocenters. The van der Waals surface area contributed by atoms with E-state index in [0.29, 0.717) is 4.77 Å². The maximum Gasteiger partial charge on any atom is 0.200 e. The number of thiophene rings is 1. The number of hydrogen-bond donors (Lipinski definition) is 1. The zero-order chi connectivity index (χ0) is 12.3. The highest BCUT2D eigenvalue weighted by Crippen LogP contribution is 2.38. The summed E-state index contributed by atoms with van der Waals surface area (Å²) in [6.07, 6.45) is 5.34. The van der Waals surface area contributed by atoms with Gasteiger partial charge in [-0.05, 0) is 43.0 Å². The Morgan fingerprint density at radius 3 is 3.33 bits per heavy atom. The maximum atomic E-state index is 5.21. The highest BCUT2D eigenvalue weighted by atomic mass is 32.1. The number of aromatic nitrogens is 4. The average molecular weight is 276 g/mol. The van der Waals surface area contributed by atoms with E-state index in [1.807, 2.05) is 15.7 Å². The maximum absolute atomic E-state index is 5.21. The Balaban J connectivity index is 2.15. The Kier molecular flexibility index (Phi) is 2.14. The summed E-state index contributed by atoms with van der Waals surface area (Å²) >= 11 is 7.02. The Bertz CT molecular complexity index is 811. The zero-order valence-corrected chi connectivity index (χ0v) is 11.6. The van der Waals surface area contributed by atoms with Crippen LogP contribution in [0.1, 0.15) is 23.8 Å². The molecule has 0 saturated carbocycles. The number of nitrogens with one attached hydrogen (secondary N) is 1. The van der Waals surface area contributed by atoms with Gasteiger partial charge in [-0.3, -0.25) is 9.50 Å². The van der Waals surface area contributed by atoms with Crippen LogP contribution in [0.2, 0.25) is 0 Å². The Hall–Kier alpha value is -1.27. The summed E-state index contributed by atoms with van der Waals surface area (Å²) in [6, 6.07) is 0. The number of hydrogen-bond acceptors (Lipinski definition) is 4. The number of rotatable bonds is 0. The Morgan fingerprint density at radius 2 is 2.44 bits per heavy atom. The van der Waals surface area contributed by atoms with Gasteiger partial charge in [0.15, 0.2) is 5.65 Å². The highest BCUT2D eigenvalue weighted by molar-refractivity contribution is 7.71. The molecule has 0 spiro atoms. The fourth-order valence-corrected chi connectivity index (χ4v) is 4.28. The molecule has 0 radical (unpaired) electrons. The van der Waals surface area contributed by atoms with Crippen molar-refractivity contribution in [1.82, 2.24) is 19.6 Å². The van der Waals surface area contributed by atoms with Gasteiger partial charge in [0, 0.05) is 4.88 Å². The van der Waals surface area contributed by atoms with Crippen LogP contribution in [0, 0.1) is 10.7 Å². The van der Waals surface area contributed by atoms with Gasteiger partial charge >= 0.3 is 0 Å². The van der Waals surface area contributed by atoms with Crippen molar-refractivity contribution >= 4 is 39.4 Å². The molecule has 18 heavy (non-hydrogen) atoms. The third kappa shape index (κ3) is 1.33. The second kappa shape index (κ2) is 3.61. The van der Waals surface area contributed by atoms with Crippen LogP contribution in [-0.2, 0) is 12.8 Å². The summed E-state index contributed by atoms with van der Waals surface area (Å²) in [5.74, 6) is 0.780. The summed E-state index contributed by atoms with van der Waals surface area (Å²) in [5.41, 5.74) is 2.37. The molecule has 1 aliphatic carbocycles. The van der Waals surface area contributed by atoms with Crippen LogP contribution >= 0.6 is 23.6 Å². The van der Waals surface area contributed by atoms with E-state index in [4.69, 9.17) is 12.2 Å². The molecule has 1 N–H and O–H groups in total. The summed E-state index contributed by atoms with van der Waals surface area (Å²) in [7, 11) is 0. The van der Waals surface area contributed by atoms with Gasteiger partial charge in [-0.15, -0.1) is 11.3 Å². The minimum absolute atomic E-state index is 0.614. The predicted molar refractivity (Wildman–Crippen MR) is 74.7 cm³/mol. The lowest BCUT2D eigenvalue weighted by Crippen LogP contribution is -2.08. The standard InChI is InChI=1S/C12H12N4S2/c1-6-2-3-7-8(4-6)18-11-9(7)10-14-15-12(17)16(10)5-13-11/h5-6H,2-4H2,1H3,(H,15,17)/t6-/m0/s1. The minimum Gasteiger partial charge on any atom is -0.258 e. The fourth-order valence-electron chi connectivity index (χ4n) is 2.76. The third-order valence-corrected chi connectivity index (χ3v) is 5.16. The molecule has 3 aromatic rings. The molecule has 4 rings (SSSR count). The van der Waals surface area contributed by atoms with Crippen molar-refractivity contribution in [3.8, 4) is 0 Å². The second-order valence-electron chi connectivity index (χ2n) is 5.00. The molecule has 0 amide bonds. The van der Waals surface area contributed by atoms with Gasteiger partial charge in [0.25, 0.3) is 0 Å². The molecular formula is C12H12N4S2. The van der Waals surface area contributed by atoms with Crippen molar-refractivity contribution in [2.75, 3.05) is 0 Å². The van der Waals surface area contributed by atoms with Crippen molar-refractivity contribution in [1.29, 1.82) is 0 Å². The lowest BCUT2D eigenvalue weighted by molar-refractivity contribution is 0.509. The van der Waals surface area contributed by atoms with Crippen molar-refractivity contribution in [3.05, 3.63) is 21.5 Å². The number of aryl methyl sites for hydroxylation is 1. The number of H-pyrrole nitrogens is 1. The van der Waals surface area contributed by atoms with E-state index in [1.165, 1.54) is 28.7 Å². The van der Waals surface area contributed by atoms with E-state index in [-0.39, 0.29) is 0 Å². The van der Waals surface area contributed by atoms with Gasteiger partial charge in [0.1, 0.15) is 11.2 Å². The van der Waals surface area contributed by atoms with Gasteiger partial charge in [0.2, 0.25) is 4.77 Å². The largest absolute Gasteiger partial charge is 0.258 e. The number of fused-ring (bicyclic) bond motifs is 5. The lowest BCUT2D eigenvalue weighted by Gasteiger charge is -2.17. The first-order valence-electron chi connectivity index (χ1n) is 6.10. The second-order valence-corrected chi connectivity index (χ2v) is 6.47. The molecule has 6 heteroatoms. The molecule has 1 aliphatic rings. The van der Waals surface area contributed by atoms with Gasteiger partial charge in [-0.25, -0.2) is 4.98 Å². The molecule has 3 aromatic heterocycles. The summed E-state index contributed by atoms with van der Waals surface area (Å²) in [4.78, 5) is 7.10. The van der Waals surface area contributed by atoms with Crippen LogP contribution in [0.3, 0.4) is 0 Å². The zero-order valence-electron chi connectivity index (χ0n) is 9.93. The van der Waals surface area contributed by atoms with E-state index in [0.717, 1.165) is 22.8 Å². The van der Waals surface area contributed by atoms with Crippen molar-refractivity contribution in [2.45, 2.75) is 26.2 Å². The molecule has 92 valence electrons. The summed E-state index contributed by atoms with van der Waals surface area (Å²) in [6.45, 7) is 2.32. The lowest BCUT2D eigenvalue weighted by atomic mass is 9.89. The topological polar surface area (TPSA) is 46.0 Å². The van der Waals surface area contributed by atoms with Crippen LogP contribution in [-0.4, -0.2) is 19.6 Å². The fraction of sp³-hybridized carbons (Fsp3) is 0.417. The first-order valence-corrected chi connectivity index (χ1v) is 7.32. The van der Waals surface area contributed by atoms with E-state index >= 15 is 0 Å². The minimum atomic E-state index is 0.614. The molecular weight excluding hydrogens is 264 g/mol. The van der Waals surface area contributed by atoms with Crippen LogP contribution in [0.25, 0.3) is 15.9 Å². The van der Waals surface area contributed by atoms with Crippen LogP contribution in [0.15, 0.2) is 6.33 Å². The van der Waals surface area contributed by atoms with Gasteiger partial charge in [0.05, 0.1) is 5.39 Å². The predicted octanol–water partition coefficient (Wildman–Crippen LogP) is 3.13. The third-order valence-electron chi connectivity index (χ3n) is 3.71. The van der Waals surface area contributed by atoms with Gasteiger partial charge in [-0.2, -0.15) is 5.10 Å². The van der Waals surface area contributed by atoms with Crippen LogP contribution in [0.5, 0.6) is 0 Å². The van der Waals surface area contributed by atoms with Gasteiger partial charge in [-0.1, -0.05) is 6.92 Å². The van der Waals surface area contributed by atoms with Crippen molar-refractivity contribution in [3.63, 3.8) is 0 Å². The smallest absolute Gasteiger partial charge is 0.200 e. The van der Waals surface area contributed by atoms with E-state index in [1.54, 1.807) is 6.33 Å². The van der Waals surface area contributed by atoms with E-state index in [2.05, 4.69) is 22.1 Å². The normalized spacial score (nSPS) is 19.5. The van der Waals surface area contributed by atoms with Gasteiger partial charge < -0.3 is 0 Å². The number of nitrogens with zero attached hydrogens (tertiary/aromatic N) is 3. The first kappa shape index (κ1) is 10.6. The Morgan fingerprint density at radius 1 is 1.56 bits per heavy atom. The molecule has 0 bridgehead atoms. The number of aromatic amines is 1. The van der Waals surface area contributed by atoms with Crippen LogP contribution in [0.4, 0.5) is 0 Å². The first-order chi connectivity index (χ1) is 8.74. The SMILES string of the molecule is C[C@H]1CCc2c(sc3ncn4c(=S)[nH]nc4c23)C1. The molecule has 0 saturated heterocycles. The molecule has 0 aromatic carbocycles. The quantitative estimate of drug-likeness (QED) is 0.642. The molecule has 3 heterocycles. The summed E-state index contributed by atoms with van der Waals surface area (Å²) < 4.78 is 2.48. The highest BCUT2D eigenvalue weighted by Gasteiger charge is 2.22. The molecule has 4 nitrogen and oxygen atoms in total. The van der Waals surface area contributed by atoms with E-state index < -0.39 is 0 Å². The monoisotopic (exact) mass is 276 g/mol. The Labute approximate surface area is 113 Å². The van der Waals surface area contributed by atoms with Crippen molar-refractivity contribution in [2.24, 2.45) is 5.92 Å². The average Bonchev–Trinajstić information content (AvgIpc) is 2.89. The molecule has 1 atom stereocenters. The molecule has 0 aliphatic heterocycles. The molecule has 0 fully saturated rings.